The summed E-state index contributed by atoms with van der Waals surface area (Å²) >= 11 is 0. The van der Waals surface area contributed by atoms with Gasteiger partial charge in [-0.2, -0.15) is 0 Å². The molecule has 2 aromatic rings. The number of nitro groups is 1. The zero-order chi connectivity index (χ0) is 15.2. The summed E-state index contributed by atoms with van der Waals surface area (Å²) in [5, 5.41) is 13.8. The van der Waals surface area contributed by atoms with Crippen LogP contribution in [0.5, 0.6) is 5.75 Å². The second kappa shape index (κ2) is 6.69. The number of halogens is 1. The van der Waals surface area contributed by atoms with Crippen molar-refractivity contribution in [2.24, 2.45) is 0 Å². The van der Waals surface area contributed by atoms with Crippen LogP contribution in [0.15, 0.2) is 42.5 Å². The first-order chi connectivity index (χ1) is 10.1. The van der Waals surface area contributed by atoms with Gasteiger partial charge < -0.3 is 10.1 Å². The molecule has 0 spiro atoms. The summed E-state index contributed by atoms with van der Waals surface area (Å²) in [7, 11) is 1.60. The van der Waals surface area contributed by atoms with E-state index in [1.807, 2.05) is 24.3 Å². The number of nitrogens with zero attached hydrogens (tertiary/aromatic N) is 1. The van der Waals surface area contributed by atoms with Crippen LogP contribution in [0.25, 0.3) is 0 Å². The van der Waals surface area contributed by atoms with E-state index in [-0.39, 0.29) is 5.69 Å². The first-order valence-electron chi connectivity index (χ1n) is 6.41. The Hall–Kier alpha value is -2.63. The molecule has 2 aromatic carbocycles. The highest BCUT2D eigenvalue weighted by Crippen LogP contribution is 2.24. The number of nitrogens with one attached hydrogen (secondary N) is 1. The van der Waals surface area contributed by atoms with E-state index in [0.717, 1.165) is 17.4 Å². The lowest BCUT2D eigenvalue weighted by Gasteiger charge is -2.08. The van der Waals surface area contributed by atoms with Gasteiger partial charge in [0.2, 0.25) is 0 Å². The maximum atomic E-state index is 13.0. The summed E-state index contributed by atoms with van der Waals surface area (Å²) in [5.41, 5.74) is 1.13. The van der Waals surface area contributed by atoms with Crippen LogP contribution in [0.3, 0.4) is 0 Å². The number of benzene rings is 2. The minimum Gasteiger partial charge on any atom is -0.497 e. The zero-order valence-electron chi connectivity index (χ0n) is 11.5. The Bertz CT molecular complexity index is 629. The van der Waals surface area contributed by atoms with Crippen LogP contribution in [-0.4, -0.2) is 18.6 Å². The Morgan fingerprint density at radius 3 is 2.57 bits per heavy atom. The highest BCUT2D eigenvalue weighted by atomic mass is 19.1. The van der Waals surface area contributed by atoms with Crippen LogP contribution in [0.2, 0.25) is 0 Å². The number of rotatable bonds is 6. The molecular weight excluding hydrogens is 275 g/mol. The molecule has 2 rings (SSSR count). The van der Waals surface area contributed by atoms with Crippen molar-refractivity contribution in [3.8, 4) is 5.75 Å². The van der Waals surface area contributed by atoms with Gasteiger partial charge in [0, 0.05) is 6.54 Å². The fourth-order valence-electron chi connectivity index (χ4n) is 1.94. The molecule has 0 aromatic heterocycles. The lowest BCUT2D eigenvalue weighted by Crippen LogP contribution is -2.07. The lowest BCUT2D eigenvalue weighted by molar-refractivity contribution is -0.384. The Balaban J connectivity index is 1.98. The van der Waals surface area contributed by atoms with Gasteiger partial charge in [0.05, 0.1) is 18.1 Å². The SMILES string of the molecule is COc1ccc(CCNc2ccc(F)cc2[N+](=O)[O-])cc1. The smallest absolute Gasteiger partial charge is 0.295 e. The lowest BCUT2D eigenvalue weighted by atomic mass is 10.1. The van der Waals surface area contributed by atoms with E-state index in [9.17, 15) is 14.5 Å². The van der Waals surface area contributed by atoms with E-state index in [0.29, 0.717) is 18.7 Å². The second-order valence-electron chi connectivity index (χ2n) is 4.44. The van der Waals surface area contributed by atoms with Crippen molar-refractivity contribution in [1.82, 2.24) is 0 Å². The number of anilines is 1. The van der Waals surface area contributed by atoms with Gasteiger partial charge >= 0.3 is 0 Å². The van der Waals surface area contributed by atoms with E-state index in [1.165, 1.54) is 12.1 Å². The number of hydrogen-bond acceptors (Lipinski definition) is 4. The van der Waals surface area contributed by atoms with E-state index in [4.69, 9.17) is 4.74 Å². The van der Waals surface area contributed by atoms with Gasteiger partial charge in [0.1, 0.15) is 17.3 Å². The van der Waals surface area contributed by atoms with Crippen LogP contribution < -0.4 is 10.1 Å². The van der Waals surface area contributed by atoms with Gasteiger partial charge in [-0.25, -0.2) is 4.39 Å². The number of ether oxygens (including phenoxy) is 1. The largest absolute Gasteiger partial charge is 0.497 e. The fourth-order valence-corrected chi connectivity index (χ4v) is 1.94. The summed E-state index contributed by atoms with van der Waals surface area (Å²) in [6, 6.07) is 11.1. The molecule has 0 aliphatic rings. The van der Waals surface area contributed by atoms with Gasteiger partial charge in [-0.15, -0.1) is 0 Å². The van der Waals surface area contributed by atoms with E-state index >= 15 is 0 Å². The molecule has 0 aliphatic heterocycles. The predicted molar refractivity (Wildman–Crippen MR) is 78.2 cm³/mol. The zero-order valence-corrected chi connectivity index (χ0v) is 11.5. The summed E-state index contributed by atoms with van der Waals surface area (Å²) in [4.78, 5) is 10.3. The predicted octanol–water partition coefficient (Wildman–Crippen LogP) is 3.40. The Morgan fingerprint density at radius 2 is 1.95 bits per heavy atom. The topological polar surface area (TPSA) is 64.4 Å². The molecule has 0 fully saturated rings. The third-order valence-electron chi connectivity index (χ3n) is 3.04. The maximum Gasteiger partial charge on any atom is 0.295 e. The van der Waals surface area contributed by atoms with Crippen LogP contribution in [0.4, 0.5) is 15.8 Å². The van der Waals surface area contributed by atoms with E-state index in [2.05, 4.69) is 5.32 Å². The molecule has 1 N–H and O–H groups in total. The summed E-state index contributed by atoms with van der Waals surface area (Å²) < 4.78 is 18.1. The van der Waals surface area contributed by atoms with Crippen molar-refractivity contribution in [3.05, 3.63) is 64.0 Å². The first-order valence-corrected chi connectivity index (χ1v) is 6.41. The molecule has 0 aliphatic carbocycles. The molecule has 5 nitrogen and oxygen atoms in total. The maximum absolute atomic E-state index is 13.0. The number of methoxy groups -OCH3 is 1. The van der Waals surface area contributed by atoms with Crippen molar-refractivity contribution in [2.75, 3.05) is 19.0 Å². The van der Waals surface area contributed by atoms with Gasteiger partial charge in [-0.1, -0.05) is 12.1 Å². The molecule has 0 amide bonds. The molecule has 0 saturated heterocycles. The molecular formula is C15H15FN2O3. The standard InChI is InChI=1S/C15H15FN2O3/c1-21-13-5-2-11(3-6-13)8-9-17-14-7-4-12(16)10-15(14)18(19)20/h2-7,10,17H,8-9H2,1H3. The van der Waals surface area contributed by atoms with Crippen molar-refractivity contribution in [2.45, 2.75) is 6.42 Å². The Morgan fingerprint density at radius 1 is 1.24 bits per heavy atom. The van der Waals surface area contributed by atoms with E-state index < -0.39 is 10.7 Å². The minimum absolute atomic E-state index is 0.260. The van der Waals surface area contributed by atoms with Crippen LogP contribution in [0, 0.1) is 15.9 Å². The van der Waals surface area contributed by atoms with Gasteiger partial charge in [-0.3, -0.25) is 10.1 Å². The highest BCUT2D eigenvalue weighted by Gasteiger charge is 2.14. The molecule has 0 unspecified atom stereocenters. The van der Waals surface area contributed by atoms with Crippen molar-refractivity contribution in [3.63, 3.8) is 0 Å². The van der Waals surface area contributed by atoms with Crippen molar-refractivity contribution < 1.29 is 14.1 Å². The summed E-state index contributed by atoms with van der Waals surface area (Å²) in [5.74, 6) is 0.156. The minimum atomic E-state index is -0.623. The Labute approximate surface area is 121 Å². The van der Waals surface area contributed by atoms with Crippen LogP contribution >= 0.6 is 0 Å². The average molecular weight is 290 g/mol. The van der Waals surface area contributed by atoms with Crippen molar-refractivity contribution >= 4 is 11.4 Å². The summed E-state index contributed by atoms with van der Waals surface area (Å²) in [6.07, 6.45) is 0.693. The summed E-state index contributed by atoms with van der Waals surface area (Å²) in [6.45, 7) is 0.513. The normalized spacial score (nSPS) is 10.2. The molecule has 0 atom stereocenters. The molecule has 6 heteroatoms. The van der Waals surface area contributed by atoms with Gasteiger partial charge in [0.25, 0.3) is 5.69 Å². The second-order valence-corrected chi connectivity index (χ2v) is 4.44. The quantitative estimate of drug-likeness (QED) is 0.654. The molecule has 21 heavy (non-hydrogen) atoms. The third-order valence-corrected chi connectivity index (χ3v) is 3.04. The molecule has 0 saturated carbocycles. The Kier molecular flexibility index (Phi) is 4.71. The average Bonchev–Trinajstić information content (AvgIpc) is 2.49. The highest BCUT2D eigenvalue weighted by molar-refractivity contribution is 5.61. The molecule has 0 radical (unpaired) electrons. The van der Waals surface area contributed by atoms with Crippen molar-refractivity contribution in [1.29, 1.82) is 0 Å². The third kappa shape index (κ3) is 3.92. The number of hydrogen-bond donors (Lipinski definition) is 1. The van der Waals surface area contributed by atoms with E-state index in [1.54, 1.807) is 7.11 Å². The fraction of sp³-hybridized carbons (Fsp3) is 0.200. The number of nitro benzene ring substituents is 1. The monoisotopic (exact) mass is 290 g/mol. The van der Waals surface area contributed by atoms with Gasteiger partial charge in [-0.05, 0) is 36.2 Å². The molecule has 0 bridgehead atoms. The van der Waals surface area contributed by atoms with Gasteiger partial charge in [0.15, 0.2) is 0 Å². The molecule has 110 valence electrons. The molecule has 0 heterocycles. The first kappa shape index (κ1) is 14.8. The van der Waals surface area contributed by atoms with Crippen LogP contribution in [0.1, 0.15) is 5.56 Å². The van der Waals surface area contributed by atoms with Crippen LogP contribution in [-0.2, 0) is 6.42 Å².